The van der Waals surface area contributed by atoms with E-state index in [-0.39, 0.29) is 5.91 Å². The SMILES string of the molecule is CCCN(CCN)C(=O)Cc1ccc(C)c(C)c1. The molecule has 0 saturated heterocycles. The molecule has 3 heteroatoms. The minimum atomic E-state index is 0.172. The number of aryl methyl sites for hydroxylation is 2. The van der Waals surface area contributed by atoms with Crippen molar-refractivity contribution in [2.75, 3.05) is 19.6 Å². The van der Waals surface area contributed by atoms with E-state index < -0.39 is 0 Å². The molecule has 3 nitrogen and oxygen atoms in total. The van der Waals surface area contributed by atoms with Crippen molar-refractivity contribution in [3.05, 3.63) is 34.9 Å². The average Bonchev–Trinajstić information content (AvgIpc) is 2.33. The third-order valence-corrected chi connectivity index (χ3v) is 3.17. The zero-order valence-corrected chi connectivity index (χ0v) is 11.7. The third-order valence-electron chi connectivity index (χ3n) is 3.17. The van der Waals surface area contributed by atoms with Crippen LogP contribution in [0, 0.1) is 13.8 Å². The molecule has 18 heavy (non-hydrogen) atoms. The molecule has 2 N–H and O–H groups in total. The number of hydrogen-bond acceptors (Lipinski definition) is 2. The van der Waals surface area contributed by atoms with Gasteiger partial charge in [0.1, 0.15) is 0 Å². The molecule has 0 spiro atoms. The molecule has 1 amide bonds. The number of carbonyl (C=O) groups is 1. The van der Waals surface area contributed by atoms with Crippen molar-refractivity contribution in [2.45, 2.75) is 33.6 Å². The Morgan fingerprint density at radius 2 is 1.94 bits per heavy atom. The summed E-state index contributed by atoms with van der Waals surface area (Å²) in [5.74, 6) is 0.172. The Balaban J connectivity index is 2.69. The van der Waals surface area contributed by atoms with E-state index in [0.717, 1.165) is 18.5 Å². The number of amides is 1. The summed E-state index contributed by atoms with van der Waals surface area (Å²) in [5.41, 5.74) is 9.13. The molecule has 1 rings (SSSR count). The summed E-state index contributed by atoms with van der Waals surface area (Å²) in [5, 5.41) is 0. The maximum atomic E-state index is 12.2. The second-order valence-corrected chi connectivity index (χ2v) is 4.76. The number of benzene rings is 1. The van der Waals surface area contributed by atoms with E-state index in [1.54, 1.807) is 0 Å². The van der Waals surface area contributed by atoms with Crippen LogP contribution in [-0.4, -0.2) is 30.4 Å². The van der Waals surface area contributed by atoms with Crippen molar-refractivity contribution in [3.63, 3.8) is 0 Å². The number of nitrogens with two attached hydrogens (primary N) is 1. The van der Waals surface area contributed by atoms with E-state index in [1.807, 2.05) is 11.0 Å². The van der Waals surface area contributed by atoms with Crippen molar-refractivity contribution >= 4 is 5.91 Å². The summed E-state index contributed by atoms with van der Waals surface area (Å²) < 4.78 is 0. The Morgan fingerprint density at radius 1 is 1.22 bits per heavy atom. The molecule has 1 aromatic rings. The van der Waals surface area contributed by atoms with Gasteiger partial charge in [-0.2, -0.15) is 0 Å². The van der Waals surface area contributed by atoms with Gasteiger partial charge in [-0.3, -0.25) is 4.79 Å². The normalized spacial score (nSPS) is 10.4. The monoisotopic (exact) mass is 248 g/mol. The lowest BCUT2D eigenvalue weighted by Crippen LogP contribution is -2.36. The molecule has 0 atom stereocenters. The minimum absolute atomic E-state index is 0.172. The highest BCUT2D eigenvalue weighted by atomic mass is 16.2. The van der Waals surface area contributed by atoms with Crippen LogP contribution in [0.5, 0.6) is 0 Å². The number of hydrogen-bond donors (Lipinski definition) is 1. The number of rotatable bonds is 6. The quantitative estimate of drug-likeness (QED) is 0.837. The zero-order valence-electron chi connectivity index (χ0n) is 11.7. The van der Waals surface area contributed by atoms with Gasteiger partial charge in [-0.1, -0.05) is 25.1 Å². The first kappa shape index (κ1) is 14.7. The first-order chi connectivity index (χ1) is 8.58. The van der Waals surface area contributed by atoms with E-state index >= 15 is 0 Å². The van der Waals surface area contributed by atoms with Crippen LogP contribution in [0.1, 0.15) is 30.0 Å². The fourth-order valence-electron chi connectivity index (χ4n) is 1.99. The Kier molecular flexibility index (Phi) is 5.86. The maximum Gasteiger partial charge on any atom is 0.227 e. The first-order valence-electron chi connectivity index (χ1n) is 6.62. The lowest BCUT2D eigenvalue weighted by molar-refractivity contribution is -0.130. The predicted octanol–water partition coefficient (Wildman–Crippen LogP) is 2.04. The lowest BCUT2D eigenvalue weighted by atomic mass is 10.0. The molecule has 1 aromatic carbocycles. The molecular weight excluding hydrogens is 224 g/mol. The molecule has 0 aromatic heterocycles. The average molecular weight is 248 g/mol. The Morgan fingerprint density at radius 3 is 2.50 bits per heavy atom. The van der Waals surface area contributed by atoms with Crippen LogP contribution < -0.4 is 5.73 Å². The van der Waals surface area contributed by atoms with Crippen LogP contribution in [0.4, 0.5) is 0 Å². The lowest BCUT2D eigenvalue weighted by Gasteiger charge is -2.21. The molecule has 0 aliphatic rings. The summed E-state index contributed by atoms with van der Waals surface area (Å²) in [6.07, 6.45) is 1.44. The van der Waals surface area contributed by atoms with Gasteiger partial charge in [-0.15, -0.1) is 0 Å². The summed E-state index contributed by atoms with van der Waals surface area (Å²) in [6.45, 7) is 8.20. The van der Waals surface area contributed by atoms with Crippen molar-refractivity contribution in [1.82, 2.24) is 4.90 Å². The first-order valence-corrected chi connectivity index (χ1v) is 6.62. The van der Waals surface area contributed by atoms with Crippen LogP contribution in [0.2, 0.25) is 0 Å². The third kappa shape index (κ3) is 4.15. The molecule has 0 unspecified atom stereocenters. The standard InChI is InChI=1S/C15H24N2O/c1-4-8-17(9-7-16)15(18)11-14-6-5-12(2)13(3)10-14/h5-6,10H,4,7-9,11,16H2,1-3H3. The largest absolute Gasteiger partial charge is 0.341 e. The summed E-state index contributed by atoms with van der Waals surface area (Å²) in [6, 6.07) is 6.21. The zero-order chi connectivity index (χ0) is 13.5. The van der Waals surface area contributed by atoms with Crippen LogP contribution in [-0.2, 0) is 11.2 Å². The van der Waals surface area contributed by atoms with Gasteiger partial charge in [-0.25, -0.2) is 0 Å². The summed E-state index contributed by atoms with van der Waals surface area (Å²) in [4.78, 5) is 14.0. The van der Waals surface area contributed by atoms with Crippen molar-refractivity contribution in [1.29, 1.82) is 0 Å². The molecular formula is C15H24N2O. The molecule has 0 aliphatic heterocycles. The molecule has 0 heterocycles. The van der Waals surface area contributed by atoms with Crippen LogP contribution in [0.15, 0.2) is 18.2 Å². The van der Waals surface area contributed by atoms with Gasteiger partial charge in [0.15, 0.2) is 0 Å². The second kappa shape index (κ2) is 7.17. The minimum Gasteiger partial charge on any atom is -0.341 e. The van der Waals surface area contributed by atoms with E-state index in [2.05, 4.69) is 32.9 Å². The van der Waals surface area contributed by atoms with Crippen molar-refractivity contribution < 1.29 is 4.79 Å². The van der Waals surface area contributed by atoms with Gasteiger partial charge in [0.2, 0.25) is 5.91 Å². The molecule has 0 aliphatic carbocycles. The number of carbonyl (C=O) groups excluding carboxylic acids is 1. The topological polar surface area (TPSA) is 46.3 Å². The van der Waals surface area contributed by atoms with Crippen molar-refractivity contribution in [3.8, 4) is 0 Å². The van der Waals surface area contributed by atoms with Gasteiger partial charge >= 0.3 is 0 Å². The van der Waals surface area contributed by atoms with Crippen LogP contribution >= 0.6 is 0 Å². The fraction of sp³-hybridized carbons (Fsp3) is 0.533. The van der Waals surface area contributed by atoms with Gasteiger partial charge < -0.3 is 10.6 Å². The van der Waals surface area contributed by atoms with Gasteiger partial charge in [0.25, 0.3) is 0 Å². The Labute approximate surface area is 110 Å². The molecule has 0 saturated carbocycles. The van der Waals surface area contributed by atoms with Gasteiger partial charge in [0, 0.05) is 19.6 Å². The fourth-order valence-corrected chi connectivity index (χ4v) is 1.99. The van der Waals surface area contributed by atoms with E-state index in [1.165, 1.54) is 11.1 Å². The molecule has 0 fully saturated rings. The van der Waals surface area contributed by atoms with Crippen LogP contribution in [0.3, 0.4) is 0 Å². The van der Waals surface area contributed by atoms with E-state index in [0.29, 0.717) is 19.5 Å². The summed E-state index contributed by atoms with van der Waals surface area (Å²) in [7, 11) is 0. The predicted molar refractivity (Wildman–Crippen MR) is 75.5 cm³/mol. The van der Waals surface area contributed by atoms with E-state index in [9.17, 15) is 4.79 Å². The molecule has 0 radical (unpaired) electrons. The highest BCUT2D eigenvalue weighted by molar-refractivity contribution is 5.78. The Bertz CT molecular complexity index is 395. The highest BCUT2D eigenvalue weighted by Crippen LogP contribution is 2.11. The molecule has 0 bridgehead atoms. The van der Waals surface area contributed by atoms with Gasteiger partial charge in [0.05, 0.1) is 6.42 Å². The maximum absolute atomic E-state index is 12.2. The Hall–Kier alpha value is -1.35. The van der Waals surface area contributed by atoms with Gasteiger partial charge in [-0.05, 0) is 37.0 Å². The molecule has 100 valence electrons. The highest BCUT2D eigenvalue weighted by Gasteiger charge is 2.12. The smallest absolute Gasteiger partial charge is 0.227 e. The van der Waals surface area contributed by atoms with Crippen LogP contribution in [0.25, 0.3) is 0 Å². The summed E-state index contributed by atoms with van der Waals surface area (Å²) >= 11 is 0. The second-order valence-electron chi connectivity index (χ2n) is 4.76. The number of nitrogens with zero attached hydrogens (tertiary/aromatic N) is 1. The van der Waals surface area contributed by atoms with E-state index in [4.69, 9.17) is 5.73 Å². The van der Waals surface area contributed by atoms with Crippen molar-refractivity contribution in [2.24, 2.45) is 5.73 Å².